The molecule has 0 heterocycles. The first-order valence-corrected chi connectivity index (χ1v) is 12.4. The van der Waals surface area contributed by atoms with E-state index in [1.807, 2.05) is 19.0 Å². The van der Waals surface area contributed by atoms with Gasteiger partial charge in [-0.3, -0.25) is 24.0 Å². The summed E-state index contributed by atoms with van der Waals surface area (Å²) in [4.78, 5) is 78.2. The maximum absolute atomic E-state index is 13.5. The third-order valence-corrected chi connectivity index (χ3v) is 7.71. The highest BCUT2D eigenvalue weighted by Gasteiger charge is 2.66. The summed E-state index contributed by atoms with van der Waals surface area (Å²) in [5.74, 6) is -11.3. The molecular weight excluding hydrogens is 496 g/mol. The number of carbonyl (C=O) groups is 6. The van der Waals surface area contributed by atoms with E-state index in [1.54, 1.807) is 0 Å². The first-order chi connectivity index (χ1) is 17.9. The number of ether oxygens (including phenoxy) is 1. The number of esters is 1. The smallest absolute Gasteiger partial charge is 0.330 e. The first kappa shape index (κ1) is 27.3. The fraction of sp³-hybridized carbons (Fsp3) is 0.481. The Morgan fingerprint density at radius 3 is 2.53 bits per heavy atom. The van der Waals surface area contributed by atoms with Crippen molar-refractivity contribution in [2.75, 3.05) is 27.2 Å². The lowest BCUT2D eigenvalue weighted by molar-refractivity contribution is -0.175. The third-order valence-electron chi connectivity index (χ3n) is 7.71. The molecule has 0 saturated heterocycles. The number of primary amides is 1. The summed E-state index contributed by atoms with van der Waals surface area (Å²) in [6, 6.07) is 2.79. The Morgan fingerprint density at radius 1 is 1.16 bits per heavy atom. The van der Waals surface area contributed by atoms with E-state index in [2.05, 4.69) is 0 Å². The maximum Gasteiger partial charge on any atom is 0.330 e. The van der Waals surface area contributed by atoms with Gasteiger partial charge in [-0.15, -0.1) is 0 Å². The molecular formula is C27H30N2O9. The molecule has 0 radical (unpaired) electrons. The average molecular weight is 527 g/mol. The molecule has 4 N–H and O–H groups in total. The lowest BCUT2D eigenvalue weighted by Crippen LogP contribution is -2.68. The van der Waals surface area contributed by atoms with Crippen LogP contribution < -0.4 is 5.73 Å². The van der Waals surface area contributed by atoms with Crippen molar-refractivity contribution in [2.45, 2.75) is 31.3 Å². The van der Waals surface area contributed by atoms with Gasteiger partial charge in [-0.2, -0.15) is 0 Å². The summed E-state index contributed by atoms with van der Waals surface area (Å²) in [6.07, 6.45) is 3.05. The Labute approximate surface area is 218 Å². The third kappa shape index (κ3) is 4.56. The lowest BCUT2D eigenvalue weighted by Gasteiger charge is -2.48. The Morgan fingerprint density at radius 2 is 1.87 bits per heavy atom. The SMILES string of the molecule is CN(C)CCCOC(=O)/C=C/c1ccc(O)c2c1C[C@H]1C[C@H]3CC(=O)C(C(N)=O)C(=O)[C@@]3(O)C(=O)C1C2=O. The molecule has 11 nitrogen and oxygen atoms in total. The van der Waals surface area contributed by atoms with Gasteiger partial charge in [0.15, 0.2) is 34.7 Å². The van der Waals surface area contributed by atoms with Crippen LogP contribution in [-0.4, -0.2) is 83.0 Å². The summed E-state index contributed by atoms with van der Waals surface area (Å²) >= 11 is 0. The second kappa shape index (κ2) is 10.2. The number of Topliss-reactive ketones (excluding diaryl/α,β-unsaturated/α-hetero) is 4. The van der Waals surface area contributed by atoms with Crippen molar-refractivity contribution < 1.29 is 43.7 Å². The molecule has 11 heteroatoms. The van der Waals surface area contributed by atoms with Gasteiger partial charge in [0.2, 0.25) is 5.91 Å². The Balaban J connectivity index is 1.62. The number of nitrogens with zero attached hydrogens (tertiary/aromatic N) is 1. The summed E-state index contributed by atoms with van der Waals surface area (Å²) < 4.78 is 5.18. The van der Waals surface area contributed by atoms with Crippen molar-refractivity contribution >= 4 is 41.1 Å². The highest BCUT2D eigenvalue weighted by atomic mass is 16.5. The highest BCUT2D eigenvalue weighted by Crippen LogP contribution is 2.50. The van der Waals surface area contributed by atoms with Crippen LogP contribution in [0.15, 0.2) is 18.2 Å². The summed E-state index contributed by atoms with van der Waals surface area (Å²) in [5, 5.41) is 21.7. The monoisotopic (exact) mass is 526 g/mol. The number of aromatic hydroxyl groups is 1. The van der Waals surface area contributed by atoms with E-state index < -0.39 is 70.7 Å². The summed E-state index contributed by atoms with van der Waals surface area (Å²) in [6.45, 7) is 0.986. The van der Waals surface area contributed by atoms with E-state index >= 15 is 0 Å². The van der Waals surface area contributed by atoms with Crippen LogP contribution in [0.3, 0.4) is 0 Å². The van der Waals surface area contributed by atoms with Gasteiger partial charge in [0.1, 0.15) is 5.75 Å². The normalized spacial score (nSPS) is 28.7. The van der Waals surface area contributed by atoms with E-state index in [1.165, 1.54) is 24.3 Å². The predicted molar refractivity (Wildman–Crippen MR) is 132 cm³/mol. The molecule has 0 aromatic heterocycles. The van der Waals surface area contributed by atoms with Crippen LogP contribution in [0.5, 0.6) is 5.75 Å². The van der Waals surface area contributed by atoms with Gasteiger partial charge in [0, 0.05) is 25.0 Å². The van der Waals surface area contributed by atoms with Crippen LogP contribution >= 0.6 is 0 Å². The minimum absolute atomic E-state index is 0.00617. The Hall–Kier alpha value is -3.70. The quantitative estimate of drug-likeness (QED) is 0.187. The summed E-state index contributed by atoms with van der Waals surface area (Å²) in [5.41, 5.74) is 3.24. The number of hydrogen-bond donors (Lipinski definition) is 3. The van der Waals surface area contributed by atoms with Gasteiger partial charge in [0.25, 0.3) is 0 Å². The van der Waals surface area contributed by atoms with E-state index in [9.17, 15) is 39.0 Å². The van der Waals surface area contributed by atoms with Crippen molar-refractivity contribution in [1.29, 1.82) is 0 Å². The molecule has 0 aliphatic heterocycles. The molecule has 202 valence electrons. The highest BCUT2D eigenvalue weighted by molar-refractivity contribution is 6.31. The zero-order valence-corrected chi connectivity index (χ0v) is 21.1. The molecule has 0 spiro atoms. The van der Waals surface area contributed by atoms with Crippen molar-refractivity contribution in [3.63, 3.8) is 0 Å². The van der Waals surface area contributed by atoms with Gasteiger partial charge >= 0.3 is 5.97 Å². The molecule has 1 amide bonds. The zero-order valence-electron chi connectivity index (χ0n) is 21.1. The number of aliphatic hydroxyl groups is 1. The van der Waals surface area contributed by atoms with Crippen molar-refractivity contribution in [2.24, 2.45) is 29.4 Å². The minimum Gasteiger partial charge on any atom is -0.507 e. The lowest BCUT2D eigenvalue weighted by atomic mass is 9.53. The molecule has 1 aromatic rings. The van der Waals surface area contributed by atoms with Gasteiger partial charge in [-0.25, -0.2) is 4.79 Å². The van der Waals surface area contributed by atoms with E-state index in [-0.39, 0.29) is 30.8 Å². The average Bonchev–Trinajstić information content (AvgIpc) is 2.83. The van der Waals surface area contributed by atoms with Crippen molar-refractivity contribution in [3.8, 4) is 5.75 Å². The molecule has 3 aliphatic carbocycles. The second-order valence-electron chi connectivity index (χ2n) is 10.4. The van der Waals surface area contributed by atoms with Crippen LogP contribution in [0.25, 0.3) is 6.08 Å². The van der Waals surface area contributed by atoms with Gasteiger partial charge < -0.3 is 25.6 Å². The molecule has 0 bridgehead atoms. The van der Waals surface area contributed by atoms with Crippen LogP contribution in [-0.2, 0) is 35.1 Å². The van der Waals surface area contributed by atoms with Crippen molar-refractivity contribution in [1.82, 2.24) is 4.90 Å². The molecule has 3 aliphatic rings. The largest absolute Gasteiger partial charge is 0.507 e. The van der Waals surface area contributed by atoms with Crippen LogP contribution in [0.4, 0.5) is 0 Å². The summed E-state index contributed by atoms with van der Waals surface area (Å²) in [7, 11) is 3.81. The number of benzene rings is 1. The maximum atomic E-state index is 13.5. The van der Waals surface area contributed by atoms with E-state index in [0.29, 0.717) is 17.5 Å². The topological polar surface area (TPSA) is 181 Å². The Kier molecular flexibility index (Phi) is 7.35. The number of ketones is 4. The van der Waals surface area contributed by atoms with Gasteiger partial charge in [0.05, 0.1) is 18.1 Å². The first-order valence-electron chi connectivity index (χ1n) is 12.4. The Bertz CT molecular complexity index is 1270. The molecule has 2 saturated carbocycles. The number of carbonyl (C=O) groups excluding carboxylic acids is 6. The van der Waals surface area contributed by atoms with Crippen LogP contribution in [0.1, 0.15) is 40.7 Å². The molecule has 2 fully saturated rings. The number of rotatable bonds is 7. The fourth-order valence-corrected chi connectivity index (χ4v) is 5.91. The van der Waals surface area contributed by atoms with Crippen LogP contribution in [0, 0.1) is 23.7 Å². The van der Waals surface area contributed by atoms with Crippen molar-refractivity contribution in [3.05, 3.63) is 34.9 Å². The second-order valence-corrected chi connectivity index (χ2v) is 10.4. The predicted octanol–water partition coefficient (Wildman–Crippen LogP) is -0.165. The van der Waals surface area contributed by atoms with E-state index in [4.69, 9.17) is 10.5 Å². The van der Waals surface area contributed by atoms with Gasteiger partial charge in [-0.05, 0) is 62.5 Å². The number of phenolic OH excluding ortho intramolecular Hbond substituents is 1. The fourth-order valence-electron chi connectivity index (χ4n) is 5.91. The number of phenols is 1. The molecule has 2 unspecified atom stereocenters. The molecule has 4 rings (SSSR count). The molecule has 38 heavy (non-hydrogen) atoms. The number of hydrogen-bond acceptors (Lipinski definition) is 10. The van der Waals surface area contributed by atoms with Crippen LogP contribution in [0.2, 0.25) is 0 Å². The molecule has 1 aromatic carbocycles. The number of nitrogens with two attached hydrogens (primary N) is 1. The standard InChI is InChI=1S/C27H30N2O9/c1-29(2)8-3-9-38-19(32)7-5-13-4-6-17(30)21-16(13)11-14-10-15-12-18(31)22(26(28)36)25(35)27(15,37)24(34)20(14)23(21)33/h4-7,14-15,20,22,30,37H,3,8-12H2,1-2H3,(H2,28,36)/b7-5+/t14-,15+,20?,22?,27+/m1/s1. The molecule has 5 atom stereocenters. The van der Waals surface area contributed by atoms with E-state index in [0.717, 1.165) is 6.54 Å². The zero-order chi connectivity index (χ0) is 27.9. The number of fused-ring (bicyclic) bond motifs is 3. The van der Waals surface area contributed by atoms with Gasteiger partial charge in [-0.1, -0.05) is 6.07 Å². The minimum atomic E-state index is -2.69. The number of amides is 1.